The van der Waals surface area contributed by atoms with Gasteiger partial charge in [0.2, 0.25) is 0 Å². The zero-order valence-electron chi connectivity index (χ0n) is 5.97. The zero-order valence-corrected chi connectivity index (χ0v) is 8.13. The summed E-state index contributed by atoms with van der Waals surface area (Å²) in [7, 11) is 0. The lowest BCUT2D eigenvalue weighted by Crippen LogP contribution is -2.30. The molecule has 0 spiro atoms. The Morgan fingerprint density at radius 3 is 2.67 bits per heavy atom. The number of hydrogen-bond acceptors (Lipinski definition) is 2. The summed E-state index contributed by atoms with van der Waals surface area (Å²) < 4.78 is 13.4. The molecule has 0 fully saturated rings. The highest BCUT2D eigenvalue weighted by Crippen LogP contribution is 2.10. The molecule has 0 unspecified atom stereocenters. The molecule has 1 amide bonds. The molecule has 3 N–H and O–H groups in total. The fraction of sp³-hybridized carbons (Fsp3) is 0. The van der Waals surface area contributed by atoms with Crippen molar-refractivity contribution < 1.29 is 9.18 Å². The number of carbonyl (C=O) groups is 1. The van der Waals surface area contributed by atoms with E-state index in [9.17, 15) is 9.18 Å². The molecule has 0 aliphatic rings. The first kappa shape index (κ1) is 9.40. The zero-order chi connectivity index (χ0) is 9.14. The number of hydrazine groups is 1. The van der Waals surface area contributed by atoms with Crippen LogP contribution >= 0.6 is 22.6 Å². The second-order valence-corrected chi connectivity index (χ2v) is 3.38. The van der Waals surface area contributed by atoms with Crippen LogP contribution in [-0.4, -0.2) is 5.91 Å². The van der Waals surface area contributed by atoms with Crippen molar-refractivity contribution in [2.45, 2.75) is 0 Å². The number of rotatable bonds is 1. The van der Waals surface area contributed by atoms with Crippen LogP contribution < -0.4 is 11.3 Å². The standard InChI is InChI=1S/C7H6FIN2O/c8-5-1-4(7(12)11-10)2-6(9)3-5/h1-3H,10H2,(H,11,12). The van der Waals surface area contributed by atoms with E-state index in [-0.39, 0.29) is 5.56 Å². The van der Waals surface area contributed by atoms with E-state index in [0.29, 0.717) is 3.57 Å². The second kappa shape index (κ2) is 3.81. The maximum Gasteiger partial charge on any atom is 0.265 e. The van der Waals surface area contributed by atoms with Gasteiger partial charge in [-0.3, -0.25) is 10.2 Å². The van der Waals surface area contributed by atoms with Crippen LogP contribution in [0.4, 0.5) is 4.39 Å². The van der Waals surface area contributed by atoms with Crippen LogP contribution in [0.3, 0.4) is 0 Å². The second-order valence-electron chi connectivity index (χ2n) is 2.13. The van der Waals surface area contributed by atoms with Gasteiger partial charge < -0.3 is 0 Å². The molecule has 0 heterocycles. The molecule has 0 radical (unpaired) electrons. The van der Waals surface area contributed by atoms with E-state index >= 15 is 0 Å². The van der Waals surface area contributed by atoms with Crippen LogP contribution in [0.1, 0.15) is 10.4 Å². The summed E-state index contributed by atoms with van der Waals surface area (Å²) in [5.74, 6) is 3.94. The molecule has 0 saturated carbocycles. The number of benzene rings is 1. The maximum absolute atomic E-state index is 12.7. The highest BCUT2D eigenvalue weighted by atomic mass is 127. The van der Waals surface area contributed by atoms with Gasteiger partial charge in [0.15, 0.2) is 0 Å². The molecular formula is C7H6FIN2O. The average molecular weight is 280 g/mol. The van der Waals surface area contributed by atoms with Gasteiger partial charge in [-0.15, -0.1) is 0 Å². The molecule has 0 aliphatic heterocycles. The first-order valence-corrected chi connectivity index (χ1v) is 4.18. The van der Waals surface area contributed by atoms with Gasteiger partial charge in [0, 0.05) is 9.13 Å². The molecule has 5 heteroatoms. The van der Waals surface area contributed by atoms with Gasteiger partial charge in [0.1, 0.15) is 5.82 Å². The number of nitrogens with one attached hydrogen (secondary N) is 1. The van der Waals surface area contributed by atoms with Crippen LogP contribution in [0.15, 0.2) is 18.2 Å². The highest BCUT2D eigenvalue weighted by Gasteiger charge is 2.05. The number of nitrogens with two attached hydrogens (primary N) is 1. The van der Waals surface area contributed by atoms with Gasteiger partial charge in [-0.1, -0.05) is 0 Å². The Morgan fingerprint density at radius 2 is 2.17 bits per heavy atom. The molecule has 0 atom stereocenters. The predicted molar refractivity (Wildman–Crippen MR) is 50.8 cm³/mol. The van der Waals surface area contributed by atoms with Crippen molar-refractivity contribution in [2.24, 2.45) is 5.84 Å². The molecule has 0 saturated heterocycles. The minimum atomic E-state index is -0.493. The first-order valence-electron chi connectivity index (χ1n) is 3.10. The van der Waals surface area contributed by atoms with Crippen LogP contribution in [0.5, 0.6) is 0 Å². The van der Waals surface area contributed by atoms with Crippen LogP contribution in [-0.2, 0) is 0 Å². The Morgan fingerprint density at radius 1 is 1.50 bits per heavy atom. The van der Waals surface area contributed by atoms with Crippen LogP contribution in [0.2, 0.25) is 0 Å². The molecule has 1 aromatic carbocycles. The number of amides is 1. The largest absolute Gasteiger partial charge is 0.290 e. The molecule has 0 bridgehead atoms. The molecule has 64 valence electrons. The quantitative estimate of drug-likeness (QED) is 0.349. The van der Waals surface area contributed by atoms with E-state index in [1.165, 1.54) is 6.07 Å². The lowest BCUT2D eigenvalue weighted by atomic mass is 10.2. The summed E-state index contributed by atoms with van der Waals surface area (Å²) in [6.45, 7) is 0. The monoisotopic (exact) mass is 280 g/mol. The third-order valence-electron chi connectivity index (χ3n) is 1.26. The summed E-state index contributed by atoms with van der Waals surface area (Å²) in [6, 6.07) is 4.00. The van der Waals surface area contributed by atoms with Gasteiger partial charge in [-0.25, -0.2) is 10.2 Å². The summed E-state index contributed by atoms with van der Waals surface area (Å²) in [5.41, 5.74) is 2.15. The smallest absolute Gasteiger partial charge is 0.265 e. The van der Waals surface area contributed by atoms with Gasteiger partial charge in [-0.05, 0) is 40.8 Å². The van der Waals surface area contributed by atoms with Gasteiger partial charge in [0.05, 0.1) is 0 Å². The van der Waals surface area contributed by atoms with Crippen molar-refractivity contribution in [3.8, 4) is 0 Å². The fourth-order valence-electron chi connectivity index (χ4n) is 0.768. The van der Waals surface area contributed by atoms with Crippen molar-refractivity contribution in [3.05, 3.63) is 33.1 Å². The SMILES string of the molecule is NNC(=O)c1cc(F)cc(I)c1. The summed E-state index contributed by atoms with van der Waals surface area (Å²) >= 11 is 1.92. The van der Waals surface area contributed by atoms with Gasteiger partial charge >= 0.3 is 0 Å². The maximum atomic E-state index is 12.7. The average Bonchev–Trinajstić information content (AvgIpc) is 2.01. The number of carbonyl (C=O) groups excluding carboxylic acids is 1. The van der Waals surface area contributed by atoms with Crippen molar-refractivity contribution >= 4 is 28.5 Å². The Bertz CT molecular complexity index is 296. The van der Waals surface area contributed by atoms with Crippen molar-refractivity contribution in [3.63, 3.8) is 0 Å². The number of hydrogen-bond donors (Lipinski definition) is 2. The summed E-state index contributed by atoms with van der Waals surface area (Å²) in [5, 5.41) is 0. The van der Waals surface area contributed by atoms with E-state index in [1.54, 1.807) is 6.07 Å². The Labute approximate surface area is 82.2 Å². The molecular weight excluding hydrogens is 274 g/mol. The highest BCUT2D eigenvalue weighted by molar-refractivity contribution is 14.1. The lowest BCUT2D eigenvalue weighted by Gasteiger charge is -1.99. The third-order valence-corrected chi connectivity index (χ3v) is 1.88. The first-order chi connectivity index (χ1) is 5.63. The van der Waals surface area contributed by atoms with E-state index in [1.807, 2.05) is 28.0 Å². The van der Waals surface area contributed by atoms with Gasteiger partial charge in [0.25, 0.3) is 5.91 Å². The topological polar surface area (TPSA) is 55.1 Å². The van der Waals surface area contributed by atoms with E-state index in [2.05, 4.69) is 0 Å². The lowest BCUT2D eigenvalue weighted by molar-refractivity contribution is 0.0953. The van der Waals surface area contributed by atoms with Gasteiger partial charge in [-0.2, -0.15) is 0 Å². The van der Waals surface area contributed by atoms with E-state index in [4.69, 9.17) is 5.84 Å². The molecule has 1 aromatic rings. The molecule has 0 aromatic heterocycles. The Hall–Kier alpha value is -0.690. The minimum absolute atomic E-state index is 0.224. The third kappa shape index (κ3) is 2.15. The number of halogens is 2. The molecule has 0 aliphatic carbocycles. The minimum Gasteiger partial charge on any atom is -0.290 e. The molecule has 1 rings (SSSR count). The Balaban J connectivity index is 3.08. The van der Waals surface area contributed by atoms with Crippen LogP contribution in [0, 0.1) is 9.39 Å². The van der Waals surface area contributed by atoms with Crippen molar-refractivity contribution in [1.82, 2.24) is 5.43 Å². The van der Waals surface area contributed by atoms with Crippen molar-refractivity contribution in [1.29, 1.82) is 0 Å². The fourth-order valence-corrected chi connectivity index (χ4v) is 1.40. The normalized spacial score (nSPS) is 9.58. The molecule has 12 heavy (non-hydrogen) atoms. The predicted octanol–water partition coefficient (Wildman–Crippen LogP) is 1.03. The summed E-state index contributed by atoms with van der Waals surface area (Å²) in [6.07, 6.45) is 0. The van der Waals surface area contributed by atoms with Crippen LogP contribution in [0.25, 0.3) is 0 Å². The van der Waals surface area contributed by atoms with Crippen molar-refractivity contribution in [2.75, 3.05) is 0 Å². The number of nitrogen functional groups attached to an aromatic ring is 1. The summed E-state index contributed by atoms with van der Waals surface area (Å²) in [4.78, 5) is 10.9. The Kier molecular flexibility index (Phi) is 2.99. The van der Waals surface area contributed by atoms with E-state index < -0.39 is 11.7 Å². The molecule has 3 nitrogen and oxygen atoms in total. The van der Waals surface area contributed by atoms with E-state index in [0.717, 1.165) is 6.07 Å².